The Morgan fingerprint density at radius 2 is 1.83 bits per heavy atom. The number of unbranched alkanes of at least 4 members (excludes halogenated alkanes) is 3. The number of carbonyl (C=O) groups is 4. The fourth-order valence-electron chi connectivity index (χ4n) is 2.50. The third kappa shape index (κ3) is 9.31. The standard InChI is InChI=1S/C19H25N3O5S2/c23-15(11-14-28-29-16-7-4-6-13-21-16)20-12-5-2-1-3-8-19(26)27-22-17(24)9-10-18(22)25/h4,6-7,13H,1-3,5,8-12,14H2,(H,20,23). The summed E-state index contributed by atoms with van der Waals surface area (Å²) < 4.78 is 0. The third-order valence-corrected chi connectivity index (χ3v) is 6.29. The van der Waals surface area contributed by atoms with E-state index in [1.807, 2.05) is 18.2 Å². The zero-order valence-electron chi connectivity index (χ0n) is 16.1. The summed E-state index contributed by atoms with van der Waals surface area (Å²) >= 11 is 0. The van der Waals surface area contributed by atoms with Gasteiger partial charge in [-0.25, -0.2) is 9.78 Å². The molecular formula is C19H25N3O5S2. The molecule has 2 rings (SSSR count). The molecule has 0 spiro atoms. The first-order valence-electron chi connectivity index (χ1n) is 9.60. The van der Waals surface area contributed by atoms with Crippen LogP contribution in [0, 0.1) is 0 Å². The molecule has 1 aromatic rings. The van der Waals surface area contributed by atoms with Crippen molar-refractivity contribution in [1.82, 2.24) is 15.4 Å². The highest BCUT2D eigenvalue weighted by Gasteiger charge is 2.32. The fraction of sp³-hybridized carbons (Fsp3) is 0.526. The van der Waals surface area contributed by atoms with E-state index in [2.05, 4.69) is 10.3 Å². The number of carbonyl (C=O) groups excluding carboxylic acids is 4. The van der Waals surface area contributed by atoms with E-state index in [-0.39, 0.29) is 25.2 Å². The fourth-order valence-corrected chi connectivity index (χ4v) is 4.37. The Balaban J connectivity index is 1.40. The lowest BCUT2D eigenvalue weighted by molar-refractivity contribution is -0.197. The number of nitrogens with one attached hydrogen (secondary N) is 1. The Kier molecular flexibility index (Phi) is 10.6. The van der Waals surface area contributed by atoms with Crippen molar-refractivity contribution in [1.29, 1.82) is 0 Å². The summed E-state index contributed by atoms with van der Waals surface area (Å²) in [6, 6.07) is 5.73. The van der Waals surface area contributed by atoms with E-state index in [0.29, 0.717) is 24.4 Å². The van der Waals surface area contributed by atoms with Gasteiger partial charge < -0.3 is 10.2 Å². The van der Waals surface area contributed by atoms with Crippen LogP contribution >= 0.6 is 21.6 Å². The third-order valence-electron chi connectivity index (χ3n) is 4.02. The van der Waals surface area contributed by atoms with Gasteiger partial charge in [0.15, 0.2) is 0 Å². The van der Waals surface area contributed by atoms with Crippen molar-refractivity contribution in [2.75, 3.05) is 12.3 Å². The molecule has 0 aliphatic carbocycles. The van der Waals surface area contributed by atoms with E-state index < -0.39 is 17.8 Å². The number of pyridine rings is 1. The number of aromatic nitrogens is 1. The van der Waals surface area contributed by atoms with Gasteiger partial charge in [-0.05, 0) is 35.8 Å². The molecular weight excluding hydrogens is 414 g/mol. The minimum absolute atomic E-state index is 0.0302. The molecule has 1 aliphatic rings. The molecule has 1 fully saturated rings. The van der Waals surface area contributed by atoms with Crippen LogP contribution in [0.15, 0.2) is 29.4 Å². The first kappa shape index (κ1) is 23.2. The molecule has 10 heteroatoms. The van der Waals surface area contributed by atoms with Crippen molar-refractivity contribution in [3.05, 3.63) is 24.4 Å². The van der Waals surface area contributed by atoms with Gasteiger partial charge in [0.25, 0.3) is 11.8 Å². The lowest BCUT2D eigenvalue weighted by atomic mass is 10.1. The molecule has 0 bridgehead atoms. The zero-order chi connectivity index (χ0) is 20.9. The number of imide groups is 1. The summed E-state index contributed by atoms with van der Waals surface area (Å²) in [6.07, 6.45) is 5.69. The smallest absolute Gasteiger partial charge is 0.333 e. The summed E-state index contributed by atoms with van der Waals surface area (Å²) in [4.78, 5) is 55.2. The van der Waals surface area contributed by atoms with Crippen molar-refractivity contribution in [3.8, 4) is 0 Å². The van der Waals surface area contributed by atoms with Crippen LogP contribution in [-0.4, -0.2) is 46.0 Å². The van der Waals surface area contributed by atoms with Crippen LogP contribution in [0.5, 0.6) is 0 Å². The maximum atomic E-state index is 11.8. The van der Waals surface area contributed by atoms with E-state index in [9.17, 15) is 19.2 Å². The molecule has 1 N–H and O–H groups in total. The molecule has 0 saturated carbocycles. The summed E-state index contributed by atoms with van der Waals surface area (Å²) in [5.74, 6) is -0.747. The van der Waals surface area contributed by atoms with Gasteiger partial charge in [0.1, 0.15) is 5.03 Å². The minimum Gasteiger partial charge on any atom is -0.356 e. The predicted molar refractivity (Wildman–Crippen MR) is 110 cm³/mol. The van der Waals surface area contributed by atoms with Crippen molar-refractivity contribution < 1.29 is 24.0 Å². The summed E-state index contributed by atoms with van der Waals surface area (Å²) in [7, 11) is 3.16. The highest BCUT2D eigenvalue weighted by Crippen LogP contribution is 2.29. The second kappa shape index (κ2) is 13.2. The van der Waals surface area contributed by atoms with E-state index >= 15 is 0 Å². The Morgan fingerprint density at radius 3 is 2.55 bits per heavy atom. The van der Waals surface area contributed by atoms with Crippen molar-refractivity contribution in [3.63, 3.8) is 0 Å². The van der Waals surface area contributed by atoms with Crippen LogP contribution in [0.2, 0.25) is 0 Å². The maximum absolute atomic E-state index is 11.8. The first-order valence-corrected chi connectivity index (χ1v) is 11.9. The molecule has 0 aromatic carbocycles. The molecule has 1 aromatic heterocycles. The van der Waals surface area contributed by atoms with Crippen molar-refractivity contribution >= 4 is 45.3 Å². The number of hydroxylamine groups is 2. The first-order chi connectivity index (χ1) is 14.1. The van der Waals surface area contributed by atoms with Crippen LogP contribution in [0.4, 0.5) is 0 Å². The van der Waals surface area contributed by atoms with Gasteiger partial charge >= 0.3 is 5.97 Å². The Bertz CT molecular complexity index is 686. The van der Waals surface area contributed by atoms with Gasteiger partial charge in [-0.15, -0.1) is 5.06 Å². The second-order valence-electron chi connectivity index (χ2n) is 6.38. The highest BCUT2D eigenvalue weighted by molar-refractivity contribution is 8.76. The molecule has 3 amide bonds. The highest BCUT2D eigenvalue weighted by atomic mass is 33.1. The topological polar surface area (TPSA) is 106 Å². The number of hydrogen-bond donors (Lipinski definition) is 1. The lowest BCUT2D eigenvalue weighted by Crippen LogP contribution is -2.31. The maximum Gasteiger partial charge on any atom is 0.333 e. The van der Waals surface area contributed by atoms with Crippen LogP contribution < -0.4 is 5.32 Å². The van der Waals surface area contributed by atoms with Gasteiger partial charge in [-0.2, -0.15) is 0 Å². The van der Waals surface area contributed by atoms with Gasteiger partial charge in [-0.1, -0.05) is 29.7 Å². The van der Waals surface area contributed by atoms with E-state index in [1.54, 1.807) is 27.8 Å². The molecule has 0 unspecified atom stereocenters. The van der Waals surface area contributed by atoms with Gasteiger partial charge in [-0.3, -0.25) is 14.4 Å². The minimum atomic E-state index is -0.567. The van der Waals surface area contributed by atoms with Crippen LogP contribution in [0.3, 0.4) is 0 Å². The summed E-state index contributed by atoms with van der Waals surface area (Å²) in [5.41, 5.74) is 0. The van der Waals surface area contributed by atoms with Gasteiger partial charge in [0.2, 0.25) is 5.91 Å². The Labute approximate surface area is 177 Å². The Morgan fingerprint density at radius 1 is 1.07 bits per heavy atom. The van der Waals surface area contributed by atoms with Crippen molar-refractivity contribution in [2.24, 2.45) is 0 Å². The van der Waals surface area contributed by atoms with Crippen LogP contribution in [-0.2, 0) is 24.0 Å². The van der Waals surface area contributed by atoms with Gasteiger partial charge in [0, 0.05) is 44.2 Å². The molecule has 1 aliphatic heterocycles. The summed E-state index contributed by atoms with van der Waals surface area (Å²) in [6.45, 7) is 0.609. The molecule has 29 heavy (non-hydrogen) atoms. The number of amides is 3. The molecule has 8 nitrogen and oxygen atoms in total. The molecule has 1 saturated heterocycles. The lowest BCUT2D eigenvalue weighted by Gasteiger charge is -2.12. The monoisotopic (exact) mass is 439 g/mol. The molecule has 2 heterocycles. The van der Waals surface area contributed by atoms with Gasteiger partial charge in [0.05, 0.1) is 0 Å². The zero-order valence-corrected chi connectivity index (χ0v) is 17.8. The largest absolute Gasteiger partial charge is 0.356 e. The SMILES string of the molecule is O=C(CCSSc1ccccn1)NCCCCCCC(=O)ON1C(=O)CCC1=O. The molecule has 0 radical (unpaired) electrons. The van der Waals surface area contributed by atoms with Crippen LogP contribution in [0.25, 0.3) is 0 Å². The van der Waals surface area contributed by atoms with Crippen LogP contribution in [0.1, 0.15) is 51.4 Å². The predicted octanol–water partition coefficient (Wildman–Crippen LogP) is 2.89. The number of rotatable bonds is 13. The normalized spacial score (nSPS) is 13.6. The Hall–Kier alpha value is -2.07. The average Bonchev–Trinajstić information content (AvgIpc) is 3.03. The van der Waals surface area contributed by atoms with E-state index in [1.165, 1.54) is 0 Å². The summed E-state index contributed by atoms with van der Waals surface area (Å²) in [5, 5.41) is 4.39. The van der Waals surface area contributed by atoms with Crippen molar-refractivity contribution in [2.45, 2.75) is 56.4 Å². The molecule has 0 atom stereocenters. The van der Waals surface area contributed by atoms with E-state index in [4.69, 9.17) is 4.84 Å². The number of nitrogens with zero attached hydrogens (tertiary/aromatic N) is 2. The molecule has 158 valence electrons. The second-order valence-corrected chi connectivity index (χ2v) is 8.82. The van der Waals surface area contributed by atoms with E-state index in [0.717, 1.165) is 30.0 Å². The number of hydrogen-bond acceptors (Lipinski definition) is 8. The average molecular weight is 440 g/mol. The quantitative estimate of drug-likeness (QED) is 0.284.